The molecule has 1 unspecified atom stereocenters. The average Bonchev–Trinajstić information content (AvgIpc) is 3.49. The number of amides is 1. The lowest BCUT2D eigenvalue weighted by molar-refractivity contribution is 0.0118. The maximum Gasteiger partial charge on any atom is 0.253 e. The lowest BCUT2D eigenvalue weighted by Gasteiger charge is -2.39. The molecule has 5 heterocycles. The number of pyridine rings is 2. The molecule has 5 aromatic rings. The number of hydrogen-bond acceptors (Lipinski definition) is 7. The molecule has 10 heteroatoms. The highest BCUT2D eigenvalue weighted by Gasteiger charge is 2.34. The molecule has 44 heavy (non-hydrogen) atoms. The van der Waals surface area contributed by atoms with Gasteiger partial charge in [-0.05, 0) is 91.9 Å². The second-order valence-electron chi connectivity index (χ2n) is 11.7. The van der Waals surface area contributed by atoms with Gasteiger partial charge in [0.1, 0.15) is 0 Å². The molecule has 0 radical (unpaired) electrons. The van der Waals surface area contributed by atoms with Gasteiger partial charge in [-0.15, -0.1) is 5.10 Å². The lowest BCUT2D eigenvalue weighted by Crippen LogP contribution is -2.42. The van der Waals surface area contributed by atoms with Crippen molar-refractivity contribution in [2.45, 2.75) is 37.2 Å². The topological polar surface area (TPSA) is 98.9 Å². The zero-order valence-electron chi connectivity index (χ0n) is 24.3. The number of nitrogens with one attached hydrogen (secondary N) is 1. The van der Waals surface area contributed by atoms with Crippen molar-refractivity contribution >= 4 is 40.5 Å². The fraction of sp³-hybridized carbons (Fsp3) is 0.294. The molecule has 2 fully saturated rings. The second-order valence-corrected chi connectivity index (χ2v) is 12.1. The summed E-state index contributed by atoms with van der Waals surface area (Å²) in [5, 5.41) is 19.9. The van der Waals surface area contributed by atoms with Crippen LogP contribution in [0.2, 0.25) is 5.02 Å². The van der Waals surface area contributed by atoms with E-state index in [0.29, 0.717) is 49.0 Å². The third kappa shape index (κ3) is 5.73. The van der Waals surface area contributed by atoms with Crippen LogP contribution in [0.3, 0.4) is 0 Å². The van der Waals surface area contributed by atoms with Crippen LogP contribution in [0.15, 0.2) is 91.3 Å². The first-order chi connectivity index (χ1) is 21.4. The molecule has 0 saturated carbocycles. The molecule has 7 rings (SSSR count). The standard InChI is InChI=1S/C34H34ClN7O2/c35-27-12-10-26(11-13-27)34(44)16-21-40(22-17-34)30-7-4-20-42-31(30)38-33(39-42)37-28-14-8-24(9-15-28)32(43)41-19-3-5-25(23-41)29-6-1-2-18-36-29/h1-2,4,6-15,18,20,25,44H,3,5,16-17,19,21-23H2,(H,37,39). The molecule has 2 aliphatic rings. The summed E-state index contributed by atoms with van der Waals surface area (Å²) in [7, 11) is 0. The van der Waals surface area contributed by atoms with E-state index in [0.717, 1.165) is 47.7 Å². The van der Waals surface area contributed by atoms with Crippen molar-refractivity contribution < 1.29 is 9.90 Å². The number of fused-ring (bicyclic) bond motifs is 1. The first kappa shape index (κ1) is 28.3. The van der Waals surface area contributed by atoms with Gasteiger partial charge in [0.15, 0.2) is 5.65 Å². The predicted molar refractivity (Wildman–Crippen MR) is 172 cm³/mol. The van der Waals surface area contributed by atoms with Gasteiger partial charge in [-0.2, -0.15) is 4.98 Å². The Hall–Kier alpha value is -4.47. The van der Waals surface area contributed by atoms with Crippen LogP contribution in [0, 0.1) is 0 Å². The molecule has 2 N–H and O–H groups in total. The number of benzene rings is 2. The Balaban J connectivity index is 1.01. The summed E-state index contributed by atoms with van der Waals surface area (Å²) < 4.78 is 1.77. The number of carbonyl (C=O) groups excluding carboxylic acids is 1. The van der Waals surface area contributed by atoms with Crippen LogP contribution in [-0.2, 0) is 5.60 Å². The normalized spacial score (nSPS) is 18.4. The van der Waals surface area contributed by atoms with E-state index in [-0.39, 0.29) is 11.8 Å². The quantitative estimate of drug-likeness (QED) is 0.243. The minimum atomic E-state index is -0.880. The van der Waals surface area contributed by atoms with Crippen molar-refractivity contribution in [3.63, 3.8) is 0 Å². The van der Waals surface area contributed by atoms with Crippen LogP contribution in [0.4, 0.5) is 17.3 Å². The summed E-state index contributed by atoms with van der Waals surface area (Å²) in [4.78, 5) is 26.8. The molecule has 9 nitrogen and oxygen atoms in total. The zero-order valence-corrected chi connectivity index (χ0v) is 25.1. The van der Waals surface area contributed by atoms with E-state index in [1.54, 1.807) is 4.52 Å². The molecule has 1 atom stereocenters. The first-order valence-electron chi connectivity index (χ1n) is 15.1. The van der Waals surface area contributed by atoms with E-state index in [4.69, 9.17) is 16.6 Å². The van der Waals surface area contributed by atoms with Gasteiger partial charge in [0.2, 0.25) is 5.95 Å². The van der Waals surface area contributed by atoms with Crippen molar-refractivity contribution in [3.05, 3.63) is 113 Å². The van der Waals surface area contributed by atoms with Crippen LogP contribution < -0.4 is 10.2 Å². The molecule has 0 spiro atoms. The summed E-state index contributed by atoms with van der Waals surface area (Å²) in [6.07, 6.45) is 6.90. The number of anilines is 3. The molecular formula is C34H34ClN7O2. The van der Waals surface area contributed by atoms with Gasteiger partial charge in [0, 0.05) is 66.5 Å². The van der Waals surface area contributed by atoms with Crippen LogP contribution in [0.25, 0.3) is 5.65 Å². The maximum atomic E-state index is 13.3. The maximum absolute atomic E-state index is 13.3. The molecular weight excluding hydrogens is 574 g/mol. The third-order valence-electron chi connectivity index (χ3n) is 8.86. The van der Waals surface area contributed by atoms with Gasteiger partial charge in [-0.1, -0.05) is 29.8 Å². The Bertz CT molecular complexity index is 1750. The van der Waals surface area contributed by atoms with Gasteiger partial charge in [-0.3, -0.25) is 9.78 Å². The Labute approximate surface area is 261 Å². The second kappa shape index (κ2) is 11.9. The van der Waals surface area contributed by atoms with Crippen LogP contribution >= 0.6 is 11.6 Å². The van der Waals surface area contributed by atoms with Crippen molar-refractivity contribution in [2.75, 3.05) is 36.4 Å². The number of rotatable bonds is 6. The van der Waals surface area contributed by atoms with Gasteiger partial charge in [0.25, 0.3) is 5.91 Å². The third-order valence-corrected chi connectivity index (χ3v) is 9.11. The Kier molecular flexibility index (Phi) is 7.66. The number of hydrogen-bond donors (Lipinski definition) is 2. The monoisotopic (exact) mass is 607 g/mol. The highest BCUT2D eigenvalue weighted by Crippen LogP contribution is 2.36. The largest absolute Gasteiger partial charge is 0.385 e. The van der Waals surface area contributed by atoms with E-state index in [9.17, 15) is 9.90 Å². The van der Waals surface area contributed by atoms with E-state index >= 15 is 0 Å². The number of aliphatic hydroxyl groups is 1. The molecule has 2 saturated heterocycles. The average molecular weight is 608 g/mol. The Morgan fingerprint density at radius 2 is 1.75 bits per heavy atom. The van der Waals surface area contributed by atoms with E-state index in [1.807, 2.05) is 96.2 Å². The molecule has 0 bridgehead atoms. The minimum Gasteiger partial charge on any atom is -0.385 e. The first-order valence-corrected chi connectivity index (χ1v) is 15.5. The van der Waals surface area contributed by atoms with E-state index in [1.165, 1.54) is 0 Å². The molecule has 224 valence electrons. The Morgan fingerprint density at radius 1 is 0.955 bits per heavy atom. The highest BCUT2D eigenvalue weighted by atomic mass is 35.5. The van der Waals surface area contributed by atoms with E-state index < -0.39 is 5.60 Å². The van der Waals surface area contributed by atoms with Gasteiger partial charge < -0.3 is 20.2 Å². The van der Waals surface area contributed by atoms with Crippen molar-refractivity contribution in [3.8, 4) is 0 Å². The summed E-state index contributed by atoms with van der Waals surface area (Å²) in [6, 6.07) is 24.9. The highest BCUT2D eigenvalue weighted by molar-refractivity contribution is 6.30. The van der Waals surface area contributed by atoms with Crippen LogP contribution in [0.5, 0.6) is 0 Å². The summed E-state index contributed by atoms with van der Waals surface area (Å²) in [6.45, 7) is 2.81. The fourth-order valence-electron chi connectivity index (χ4n) is 6.39. The van der Waals surface area contributed by atoms with Crippen molar-refractivity contribution in [2.24, 2.45) is 0 Å². The minimum absolute atomic E-state index is 0.0390. The number of halogens is 1. The van der Waals surface area contributed by atoms with Crippen molar-refractivity contribution in [1.82, 2.24) is 24.5 Å². The Morgan fingerprint density at radius 3 is 2.50 bits per heavy atom. The number of piperidine rings is 2. The number of likely N-dealkylation sites (tertiary alicyclic amines) is 1. The van der Waals surface area contributed by atoms with Crippen molar-refractivity contribution in [1.29, 1.82) is 0 Å². The van der Waals surface area contributed by atoms with Gasteiger partial charge >= 0.3 is 0 Å². The van der Waals surface area contributed by atoms with Gasteiger partial charge in [0.05, 0.1) is 11.3 Å². The summed E-state index contributed by atoms with van der Waals surface area (Å²) in [5.74, 6) is 0.776. The van der Waals surface area contributed by atoms with Crippen LogP contribution in [-0.4, -0.2) is 61.7 Å². The number of aromatic nitrogens is 4. The number of carbonyl (C=O) groups is 1. The fourth-order valence-corrected chi connectivity index (χ4v) is 6.51. The van der Waals surface area contributed by atoms with Crippen LogP contribution in [0.1, 0.15) is 53.2 Å². The molecule has 1 amide bonds. The van der Waals surface area contributed by atoms with E-state index in [2.05, 4.69) is 20.3 Å². The SMILES string of the molecule is O=C(c1ccc(Nc2nc3c(N4CCC(O)(c5ccc(Cl)cc5)CC4)cccn3n2)cc1)N1CCCC(c2ccccn2)C1. The molecule has 3 aromatic heterocycles. The molecule has 0 aliphatic carbocycles. The summed E-state index contributed by atoms with van der Waals surface area (Å²) in [5.41, 5.74) is 4.23. The van der Waals surface area contributed by atoms with Gasteiger partial charge in [-0.25, -0.2) is 4.52 Å². The predicted octanol–water partition coefficient (Wildman–Crippen LogP) is 6.03. The number of nitrogens with zero attached hydrogens (tertiary/aromatic N) is 6. The molecule has 2 aliphatic heterocycles. The lowest BCUT2D eigenvalue weighted by atomic mass is 9.84. The zero-order chi connectivity index (χ0) is 30.1. The summed E-state index contributed by atoms with van der Waals surface area (Å²) >= 11 is 6.05. The smallest absolute Gasteiger partial charge is 0.253 e. The molecule has 2 aromatic carbocycles.